The molecule has 1 atom stereocenters. The van der Waals surface area contributed by atoms with Crippen molar-refractivity contribution in [2.45, 2.75) is 19.9 Å². The van der Waals surface area contributed by atoms with E-state index in [-0.39, 0.29) is 0 Å². The Morgan fingerprint density at radius 2 is 2.05 bits per heavy atom. The molecule has 116 valence electrons. The molecular formula is C14H13BrClN3O3. The van der Waals surface area contributed by atoms with Crippen molar-refractivity contribution >= 4 is 45.2 Å². The largest absolute Gasteiger partial charge is 0.360 e. The third-order valence-corrected chi connectivity index (χ3v) is 3.42. The zero-order valence-corrected chi connectivity index (χ0v) is 14.2. The minimum Gasteiger partial charge on any atom is -0.360 e. The van der Waals surface area contributed by atoms with E-state index >= 15 is 0 Å². The van der Waals surface area contributed by atoms with Crippen LogP contribution in [-0.4, -0.2) is 23.0 Å². The van der Waals surface area contributed by atoms with E-state index in [1.54, 1.807) is 32.0 Å². The summed E-state index contributed by atoms with van der Waals surface area (Å²) in [7, 11) is 0. The van der Waals surface area contributed by atoms with Crippen molar-refractivity contribution in [2.75, 3.05) is 5.32 Å². The second kappa shape index (κ2) is 6.93. The van der Waals surface area contributed by atoms with Gasteiger partial charge in [-0.3, -0.25) is 9.59 Å². The molecule has 0 aliphatic heterocycles. The Labute approximate surface area is 140 Å². The van der Waals surface area contributed by atoms with E-state index in [9.17, 15) is 9.59 Å². The van der Waals surface area contributed by atoms with Gasteiger partial charge in [-0.15, -0.1) is 0 Å². The van der Waals surface area contributed by atoms with Gasteiger partial charge >= 0.3 is 0 Å². The molecule has 2 N–H and O–H groups in total. The molecule has 0 radical (unpaired) electrons. The number of rotatable bonds is 4. The predicted octanol–water partition coefficient (Wildman–Crippen LogP) is 3.16. The fourth-order valence-corrected chi connectivity index (χ4v) is 2.55. The van der Waals surface area contributed by atoms with E-state index in [0.717, 1.165) is 0 Å². The van der Waals surface area contributed by atoms with Crippen molar-refractivity contribution < 1.29 is 14.1 Å². The van der Waals surface area contributed by atoms with Crippen molar-refractivity contribution in [3.05, 3.63) is 45.1 Å². The number of nitrogens with zero attached hydrogens (tertiary/aromatic N) is 1. The first-order chi connectivity index (χ1) is 10.3. The van der Waals surface area contributed by atoms with Crippen molar-refractivity contribution in [2.24, 2.45) is 0 Å². The van der Waals surface area contributed by atoms with Gasteiger partial charge in [0.25, 0.3) is 5.91 Å². The molecule has 0 bridgehead atoms. The van der Waals surface area contributed by atoms with E-state index in [2.05, 4.69) is 31.7 Å². The molecule has 0 saturated heterocycles. The van der Waals surface area contributed by atoms with Crippen LogP contribution in [0.25, 0.3) is 0 Å². The second-order valence-corrected chi connectivity index (χ2v) is 6.02. The summed E-state index contributed by atoms with van der Waals surface area (Å²) >= 11 is 9.16. The fraction of sp³-hybridized carbons (Fsp3) is 0.214. The number of halogens is 2. The van der Waals surface area contributed by atoms with Gasteiger partial charge in [-0.25, -0.2) is 0 Å². The highest BCUT2D eigenvalue weighted by atomic mass is 79.9. The van der Waals surface area contributed by atoms with Crippen LogP contribution in [0.4, 0.5) is 5.82 Å². The molecule has 2 amide bonds. The van der Waals surface area contributed by atoms with Gasteiger partial charge in [-0.2, -0.15) is 0 Å². The summed E-state index contributed by atoms with van der Waals surface area (Å²) in [5, 5.41) is 9.22. The number of anilines is 1. The van der Waals surface area contributed by atoms with Gasteiger partial charge in [0.05, 0.1) is 0 Å². The number of aryl methyl sites for hydroxylation is 1. The van der Waals surface area contributed by atoms with E-state index in [1.165, 1.54) is 6.07 Å². The number of aromatic nitrogens is 1. The minimum absolute atomic E-state index is 0.300. The number of hydrogen-bond acceptors (Lipinski definition) is 4. The Morgan fingerprint density at radius 1 is 1.32 bits per heavy atom. The molecule has 22 heavy (non-hydrogen) atoms. The van der Waals surface area contributed by atoms with Crippen molar-refractivity contribution in [1.82, 2.24) is 10.5 Å². The van der Waals surface area contributed by atoms with Crippen LogP contribution in [0.5, 0.6) is 0 Å². The molecule has 6 nitrogen and oxygen atoms in total. The van der Waals surface area contributed by atoms with Gasteiger partial charge in [-0.1, -0.05) is 32.7 Å². The smallest absolute Gasteiger partial charge is 0.252 e. The lowest BCUT2D eigenvalue weighted by Gasteiger charge is -2.13. The maximum atomic E-state index is 12.1. The van der Waals surface area contributed by atoms with Gasteiger partial charge in [0, 0.05) is 21.1 Å². The molecule has 0 aliphatic carbocycles. The summed E-state index contributed by atoms with van der Waals surface area (Å²) in [5.41, 5.74) is 0.358. The molecule has 1 unspecified atom stereocenters. The second-order valence-electron chi connectivity index (χ2n) is 4.67. The first kappa shape index (κ1) is 16.5. The molecular weight excluding hydrogens is 374 g/mol. The molecule has 8 heteroatoms. The van der Waals surface area contributed by atoms with Crippen LogP contribution in [0, 0.1) is 6.92 Å². The van der Waals surface area contributed by atoms with Gasteiger partial charge in [0.15, 0.2) is 5.82 Å². The number of carbonyl (C=O) groups excluding carboxylic acids is 2. The molecule has 0 saturated carbocycles. The normalized spacial score (nSPS) is 11.8. The van der Waals surface area contributed by atoms with Crippen LogP contribution in [0.3, 0.4) is 0 Å². The predicted molar refractivity (Wildman–Crippen MR) is 85.9 cm³/mol. The molecule has 0 aliphatic rings. The van der Waals surface area contributed by atoms with Crippen molar-refractivity contribution in [3.63, 3.8) is 0 Å². The highest BCUT2D eigenvalue weighted by molar-refractivity contribution is 9.10. The third kappa shape index (κ3) is 4.32. The zero-order chi connectivity index (χ0) is 16.3. The van der Waals surface area contributed by atoms with Crippen molar-refractivity contribution in [3.8, 4) is 0 Å². The summed E-state index contributed by atoms with van der Waals surface area (Å²) in [6.07, 6.45) is 0. The van der Waals surface area contributed by atoms with E-state index in [4.69, 9.17) is 16.1 Å². The minimum atomic E-state index is -0.748. The quantitative estimate of drug-likeness (QED) is 0.845. The first-order valence-electron chi connectivity index (χ1n) is 6.36. The summed E-state index contributed by atoms with van der Waals surface area (Å²) in [5.74, 6) is 0.0785. The van der Waals surface area contributed by atoms with Crippen LogP contribution < -0.4 is 10.6 Å². The summed E-state index contributed by atoms with van der Waals surface area (Å²) in [6.45, 7) is 3.28. The van der Waals surface area contributed by atoms with Crippen LogP contribution >= 0.6 is 27.5 Å². The number of carbonyl (C=O) groups is 2. The van der Waals surface area contributed by atoms with Crippen molar-refractivity contribution in [1.29, 1.82) is 0 Å². The number of amides is 2. The van der Waals surface area contributed by atoms with Gasteiger partial charge in [0.2, 0.25) is 5.91 Å². The van der Waals surface area contributed by atoms with Crippen LogP contribution in [-0.2, 0) is 4.79 Å². The Hall–Kier alpha value is -1.86. The lowest BCUT2D eigenvalue weighted by Crippen LogP contribution is -2.41. The monoisotopic (exact) mass is 385 g/mol. The lowest BCUT2D eigenvalue weighted by molar-refractivity contribution is -0.117. The summed E-state index contributed by atoms with van der Waals surface area (Å²) < 4.78 is 5.53. The number of benzene rings is 1. The summed E-state index contributed by atoms with van der Waals surface area (Å²) in [6, 6.07) is 5.64. The zero-order valence-electron chi connectivity index (χ0n) is 11.8. The molecule has 1 heterocycles. The molecule has 0 fully saturated rings. The Bertz CT molecular complexity index is 697. The highest BCUT2D eigenvalue weighted by Crippen LogP contribution is 2.19. The Morgan fingerprint density at radius 3 is 2.64 bits per heavy atom. The summed E-state index contributed by atoms with van der Waals surface area (Å²) in [4.78, 5) is 24.1. The highest BCUT2D eigenvalue weighted by Gasteiger charge is 2.18. The SMILES string of the molecule is Cc1cc(NC(=O)C(C)NC(=O)c2cc(Cl)cc(Br)c2)no1. The van der Waals surface area contributed by atoms with Gasteiger partial charge in [-0.05, 0) is 32.0 Å². The molecule has 1 aromatic heterocycles. The van der Waals surface area contributed by atoms with Crippen LogP contribution in [0.2, 0.25) is 5.02 Å². The molecule has 2 rings (SSSR count). The molecule has 1 aromatic carbocycles. The first-order valence-corrected chi connectivity index (χ1v) is 7.53. The fourth-order valence-electron chi connectivity index (χ4n) is 1.69. The van der Waals surface area contributed by atoms with E-state index < -0.39 is 17.9 Å². The Kier molecular flexibility index (Phi) is 5.20. The van der Waals surface area contributed by atoms with Crippen LogP contribution in [0.15, 0.2) is 33.3 Å². The standard InChI is InChI=1S/C14H13BrClN3O3/c1-7-3-12(19-22-7)18-13(20)8(2)17-14(21)9-4-10(15)6-11(16)5-9/h3-6,8H,1-2H3,(H,17,21)(H,18,19,20). The van der Waals surface area contributed by atoms with E-state index in [1.807, 2.05) is 0 Å². The number of hydrogen-bond donors (Lipinski definition) is 2. The average molecular weight is 387 g/mol. The maximum absolute atomic E-state index is 12.1. The third-order valence-electron chi connectivity index (χ3n) is 2.74. The van der Waals surface area contributed by atoms with E-state index in [0.29, 0.717) is 26.6 Å². The maximum Gasteiger partial charge on any atom is 0.252 e. The number of nitrogens with one attached hydrogen (secondary N) is 2. The lowest BCUT2D eigenvalue weighted by atomic mass is 10.2. The van der Waals surface area contributed by atoms with Crippen LogP contribution in [0.1, 0.15) is 23.0 Å². The van der Waals surface area contributed by atoms with Gasteiger partial charge < -0.3 is 15.2 Å². The Balaban J connectivity index is 1.99. The average Bonchev–Trinajstić information content (AvgIpc) is 2.82. The topological polar surface area (TPSA) is 84.2 Å². The molecule has 2 aromatic rings. The van der Waals surface area contributed by atoms with Gasteiger partial charge in [0.1, 0.15) is 11.8 Å². The molecule has 0 spiro atoms.